The first-order chi connectivity index (χ1) is 9.91. The highest BCUT2D eigenvalue weighted by molar-refractivity contribution is 7.12. The van der Waals surface area contributed by atoms with Gasteiger partial charge in [-0.1, -0.05) is 24.6 Å². The summed E-state index contributed by atoms with van der Waals surface area (Å²) in [5, 5.41) is 5.95. The van der Waals surface area contributed by atoms with Gasteiger partial charge < -0.3 is 0 Å². The molecule has 0 atom stereocenters. The van der Waals surface area contributed by atoms with E-state index in [0.29, 0.717) is 6.42 Å². The topological polar surface area (TPSA) is 37.3 Å². The van der Waals surface area contributed by atoms with Gasteiger partial charge >= 0.3 is 6.18 Å². The molecule has 0 aliphatic carbocycles. The standard InChI is InChI=1S/C13H11ClF3N3S/c1-2-10(11-4-3-5-21-11)19-20-12-9(14)6-8(7-18-12)13(15,16)17/h3-7H,2H2,1H3,(H,18,20)/b19-10-. The molecule has 0 radical (unpaired) electrons. The minimum Gasteiger partial charge on any atom is -0.260 e. The third kappa shape index (κ3) is 3.95. The summed E-state index contributed by atoms with van der Waals surface area (Å²) in [4.78, 5) is 4.65. The summed E-state index contributed by atoms with van der Waals surface area (Å²) in [7, 11) is 0. The SMILES string of the molecule is CC/C(=N/Nc1ncc(C(F)(F)F)cc1Cl)c1cccs1. The van der Waals surface area contributed by atoms with Gasteiger partial charge in [0.1, 0.15) is 0 Å². The minimum absolute atomic E-state index is 0.0900. The van der Waals surface area contributed by atoms with Gasteiger partial charge in [0.15, 0.2) is 5.82 Å². The van der Waals surface area contributed by atoms with E-state index in [-0.39, 0.29) is 10.8 Å². The Morgan fingerprint density at radius 3 is 2.76 bits per heavy atom. The fourth-order valence-electron chi connectivity index (χ4n) is 1.55. The van der Waals surface area contributed by atoms with Crippen LogP contribution in [-0.4, -0.2) is 10.7 Å². The van der Waals surface area contributed by atoms with Gasteiger partial charge in [0, 0.05) is 6.20 Å². The second kappa shape index (κ2) is 6.44. The molecule has 2 aromatic heterocycles. The quantitative estimate of drug-likeness (QED) is 0.628. The van der Waals surface area contributed by atoms with Crippen LogP contribution < -0.4 is 5.43 Å². The number of thiophene rings is 1. The number of alkyl halides is 3. The molecule has 0 bridgehead atoms. The number of hydrogen-bond acceptors (Lipinski definition) is 4. The molecule has 21 heavy (non-hydrogen) atoms. The number of anilines is 1. The minimum atomic E-state index is -4.47. The Labute approximate surface area is 128 Å². The van der Waals surface area contributed by atoms with E-state index in [1.54, 1.807) is 0 Å². The largest absolute Gasteiger partial charge is 0.417 e. The lowest BCUT2D eigenvalue weighted by molar-refractivity contribution is -0.137. The summed E-state index contributed by atoms with van der Waals surface area (Å²) in [6.07, 6.45) is -3.07. The van der Waals surface area contributed by atoms with Gasteiger partial charge in [-0.3, -0.25) is 5.43 Å². The molecule has 8 heteroatoms. The first-order valence-corrected chi connectivity index (χ1v) is 7.26. The Bertz CT molecular complexity index is 639. The average molecular weight is 334 g/mol. The Balaban J connectivity index is 2.20. The molecule has 0 aromatic carbocycles. The lowest BCUT2D eigenvalue weighted by atomic mass is 10.2. The Hall–Kier alpha value is -1.60. The molecule has 3 nitrogen and oxygen atoms in total. The maximum Gasteiger partial charge on any atom is 0.417 e. The third-order valence-corrected chi connectivity index (χ3v) is 3.81. The van der Waals surface area contributed by atoms with Gasteiger partial charge in [0.25, 0.3) is 0 Å². The monoisotopic (exact) mass is 333 g/mol. The second-order valence-corrected chi connectivity index (χ2v) is 5.41. The van der Waals surface area contributed by atoms with Crippen molar-refractivity contribution in [3.8, 4) is 0 Å². The lowest BCUT2D eigenvalue weighted by Crippen LogP contribution is -2.07. The van der Waals surface area contributed by atoms with Crippen molar-refractivity contribution in [1.29, 1.82) is 0 Å². The van der Waals surface area contributed by atoms with Gasteiger partial charge in [0.05, 0.1) is 21.2 Å². The zero-order valence-corrected chi connectivity index (χ0v) is 12.5. The van der Waals surface area contributed by atoms with E-state index in [1.165, 1.54) is 11.3 Å². The van der Waals surface area contributed by atoms with Crippen LogP contribution in [0.4, 0.5) is 19.0 Å². The van der Waals surface area contributed by atoms with E-state index in [1.807, 2.05) is 24.4 Å². The van der Waals surface area contributed by atoms with Crippen LogP contribution in [0.1, 0.15) is 23.8 Å². The van der Waals surface area contributed by atoms with Crippen LogP contribution in [-0.2, 0) is 6.18 Å². The first kappa shape index (κ1) is 15.8. The van der Waals surface area contributed by atoms with Crippen molar-refractivity contribution in [3.05, 3.63) is 45.2 Å². The Morgan fingerprint density at radius 1 is 1.48 bits per heavy atom. The highest BCUT2D eigenvalue weighted by atomic mass is 35.5. The first-order valence-electron chi connectivity index (χ1n) is 6.01. The molecule has 0 unspecified atom stereocenters. The van der Waals surface area contributed by atoms with Gasteiger partial charge in [-0.15, -0.1) is 11.3 Å². The maximum absolute atomic E-state index is 12.5. The number of hydrazone groups is 1. The van der Waals surface area contributed by atoms with E-state index >= 15 is 0 Å². The van der Waals surface area contributed by atoms with Gasteiger partial charge in [-0.2, -0.15) is 18.3 Å². The van der Waals surface area contributed by atoms with Crippen molar-refractivity contribution < 1.29 is 13.2 Å². The fraction of sp³-hybridized carbons (Fsp3) is 0.231. The Morgan fingerprint density at radius 2 is 2.24 bits per heavy atom. The summed E-state index contributed by atoms with van der Waals surface area (Å²) < 4.78 is 37.5. The number of pyridine rings is 1. The highest BCUT2D eigenvalue weighted by Crippen LogP contribution is 2.32. The van der Waals surface area contributed by atoms with Crippen molar-refractivity contribution >= 4 is 34.5 Å². The summed E-state index contributed by atoms with van der Waals surface area (Å²) in [5.41, 5.74) is 2.50. The molecule has 112 valence electrons. The van der Waals surface area contributed by atoms with E-state index in [2.05, 4.69) is 15.5 Å². The predicted molar refractivity (Wildman–Crippen MR) is 79.0 cm³/mol. The number of rotatable bonds is 4. The highest BCUT2D eigenvalue weighted by Gasteiger charge is 2.31. The zero-order valence-electron chi connectivity index (χ0n) is 10.9. The van der Waals surface area contributed by atoms with Crippen LogP contribution in [0.5, 0.6) is 0 Å². The van der Waals surface area contributed by atoms with E-state index in [9.17, 15) is 13.2 Å². The smallest absolute Gasteiger partial charge is 0.260 e. The number of nitrogens with zero attached hydrogens (tertiary/aromatic N) is 2. The fourth-order valence-corrected chi connectivity index (χ4v) is 2.54. The molecule has 2 rings (SSSR count). The second-order valence-electron chi connectivity index (χ2n) is 4.05. The van der Waals surface area contributed by atoms with E-state index < -0.39 is 11.7 Å². The summed E-state index contributed by atoms with van der Waals surface area (Å²) >= 11 is 7.32. The van der Waals surface area contributed by atoms with Crippen molar-refractivity contribution in [1.82, 2.24) is 4.98 Å². The molecule has 2 heterocycles. The predicted octanol–water partition coefficient (Wildman–Crippen LogP) is 5.04. The lowest BCUT2D eigenvalue weighted by Gasteiger charge is -2.09. The van der Waals surface area contributed by atoms with E-state index in [4.69, 9.17) is 11.6 Å². The van der Waals surface area contributed by atoms with Crippen LogP contribution in [0, 0.1) is 0 Å². The molecule has 0 saturated carbocycles. The molecule has 2 aromatic rings. The van der Waals surface area contributed by atoms with Crippen LogP contribution >= 0.6 is 22.9 Å². The van der Waals surface area contributed by atoms with Crippen LogP contribution in [0.25, 0.3) is 0 Å². The Kier molecular flexibility index (Phi) is 4.84. The van der Waals surface area contributed by atoms with Gasteiger partial charge in [0.2, 0.25) is 0 Å². The van der Waals surface area contributed by atoms with Gasteiger partial charge in [-0.25, -0.2) is 4.98 Å². The molecule has 0 aliphatic heterocycles. The summed E-state index contributed by atoms with van der Waals surface area (Å²) in [6, 6.07) is 4.63. The third-order valence-electron chi connectivity index (χ3n) is 2.61. The zero-order chi connectivity index (χ0) is 15.5. The molecule has 0 aliphatic rings. The molecular formula is C13H11ClF3N3S. The van der Waals surface area contributed by atoms with Crippen molar-refractivity contribution in [3.63, 3.8) is 0 Å². The van der Waals surface area contributed by atoms with Crippen LogP contribution in [0.15, 0.2) is 34.9 Å². The molecular weight excluding hydrogens is 323 g/mol. The van der Waals surface area contributed by atoms with E-state index in [0.717, 1.165) is 22.9 Å². The van der Waals surface area contributed by atoms with Crippen LogP contribution in [0.2, 0.25) is 5.02 Å². The number of hydrogen-bond donors (Lipinski definition) is 1. The average Bonchev–Trinajstić information content (AvgIpc) is 2.94. The maximum atomic E-state index is 12.5. The summed E-state index contributed by atoms with van der Waals surface area (Å²) in [6.45, 7) is 1.93. The van der Waals surface area contributed by atoms with Crippen LogP contribution in [0.3, 0.4) is 0 Å². The summed E-state index contributed by atoms with van der Waals surface area (Å²) in [5.74, 6) is 0.0900. The number of nitrogens with one attached hydrogen (secondary N) is 1. The molecule has 1 N–H and O–H groups in total. The number of aromatic nitrogens is 1. The van der Waals surface area contributed by atoms with Gasteiger partial charge in [-0.05, 0) is 23.9 Å². The number of halogens is 4. The van der Waals surface area contributed by atoms with Crippen molar-refractivity contribution in [2.45, 2.75) is 19.5 Å². The molecule has 0 amide bonds. The normalized spacial score (nSPS) is 12.5. The van der Waals surface area contributed by atoms with Crippen molar-refractivity contribution in [2.24, 2.45) is 5.10 Å². The molecule has 0 saturated heterocycles. The molecule has 0 fully saturated rings. The molecule has 0 spiro atoms. The van der Waals surface area contributed by atoms with Crippen molar-refractivity contribution in [2.75, 3.05) is 5.43 Å².